The second kappa shape index (κ2) is 9.57. The molecule has 2 amide bonds. The van der Waals surface area contributed by atoms with Gasteiger partial charge in [-0.15, -0.1) is 0 Å². The quantitative estimate of drug-likeness (QED) is 0.554. The molecule has 1 saturated carbocycles. The van der Waals surface area contributed by atoms with E-state index in [-0.39, 0.29) is 18.5 Å². The minimum Gasteiger partial charge on any atom is -0.481 e. The van der Waals surface area contributed by atoms with E-state index in [1.165, 1.54) is 0 Å². The van der Waals surface area contributed by atoms with Gasteiger partial charge in [-0.25, -0.2) is 4.79 Å². The highest BCUT2D eigenvalue weighted by atomic mass is 16.5. The molecule has 2 N–H and O–H groups in total. The lowest BCUT2D eigenvalue weighted by atomic mass is 10.1. The number of carbonyl (C=O) groups excluding carboxylic acids is 1. The molecule has 21 heavy (non-hydrogen) atoms. The van der Waals surface area contributed by atoms with Crippen LogP contribution in [0.3, 0.4) is 0 Å². The lowest BCUT2D eigenvalue weighted by molar-refractivity contribution is -0.137. The fraction of sp³-hybridized carbons (Fsp3) is 0.857. The van der Waals surface area contributed by atoms with E-state index in [4.69, 9.17) is 14.6 Å². The predicted molar refractivity (Wildman–Crippen MR) is 77.2 cm³/mol. The third-order valence-corrected chi connectivity index (χ3v) is 3.52. The standard InChI is InChI=1S/C14H26N2O5/c1-20-8-3-6-16(7-9-21-2)14(19)15-12(10-13(17)18)11-4-5-11/h11-12H,3-10H2,1-2H3,(H,15,19)(H,17,18). The number of amides is 2. The van der Waals surface area contributed by atoms with Gasteiger partial charge in [0.2, 0.25) is 0 Å². The van der Waals surface area contributed by atoms with Crippen LogP contribution in [0.2, 0.25) is 0 Å². The number of carboxylic acid groups (broad SMARTS) is 1. The molecule has 7 nitrogen and oxygen atoms in total. The molecule has 0 aromatic heterocycles. The van der Waals surface area contributed by atoms with Crippen LogP contribution in [-0.4, -0.2) is 68.6 Å². The Morgan fingerprint density at radius 3 is 2.43 bits per heavy atom. The number of nitrogens with zero attached hydrogens (tertiary/aromatic N) is 1. The molecule has 1 rings (SSSR count). The number of ether oxygens (including phenoxy) is 2. The van der Waals surface area contributed by atoms with Gasteiger partial charge < -0.3 is 24.8 Å². The van der Waals surface area contributed by atoms with Gasteiger partial charge in [-0.05, 0) is 25.2 Å². The fourth-order valence-corrected chi connectivity index (χ4v) is 2.19. The lowest BCUT2D eigenvalue weighted by Crippen LogP contribution is -2.47. The summed E-state index contributed by atoms with van der Waals surface area (Å²) in [4.78, 5) is 24.8. The van der Waals surface area contributed by atoms with E-state index in [0.29, 0.717) is 32.2 Å². The number of methoxy groups -OCH3 is 2. The third-order valence-electron chi connectivity index (χ3n) is 3.52. The van der Waals surface area contributed by atoms with Crippen LogP contribution >= 0.6 is 0 Å². The molecule has 1 aliphatic carbocycles. The molecule has 0 saturated heterocycles. The molecule has 0 aromatic carbocycles. The van der Waals surface area contributed by atoms with Crippen LogP contribution in [0, 0.1) is 5.92 Å². The monoisotopic (exact) mass is 302 g/mol. The first-order valence-electron chi connectivity index (χ1n) is 7.33. The number of nitrogens with one attached hydrogen (secondary N) is 1. The zero-order valence-corrected chi connectivity index (χ0v) is 12.8. The second-order valence-corrected chi connectivity index (χ2v) is 5.32. The summed E-state index contributed by atoms with van der Waals surface area (Å²) in [5.41, 5.74) is 0. The van der Waals surface area contributed by atoms with Crippen molar-refractivity contribution in [2.45, 2.75) is 31.7 Å². The molecule has 122 valence electrons. The molecule has 0 bridgehead atoms. The van der Waals surface area contributed by atoms with Gasteiger partial charge in [0, 0.05) is 40.0 Å². The normalized spacial score (nSPS) is 15.5. The number of carboxylic acids is 1. The fourth-order valence-electron chi connectivity index (χ4n) is 2.19. The first kappa shape index (κ1) is 17.7. The van der Waals surface area contributed by atoms with Crippen molar-refractivity contribution in [3.8, 4) is 0 Å². The Balaban J connectivity index is 2.49. The van der Waals surface area contributed by atoms with Gasteiger partial charge in [0.25, 0.3) is 0 Å². The molecule has 1 unspecified atom stereocenters. The smallest absolute Gasteiger partial charge is 0.317 e. The van der Waals surface area contributed by atoms with Gasteiger partial charge in [-0.3, -0.25) is 4.79 Å². The Kier molecular flexibility index (Phi) is 8.07. The average Bonchev–Trinajstić information content (AvgIpc) is 3.25. The van der Waals surface area contributed by atoms with Crippen LogP contribution in [0.1, 0.15) is 25.7 Å². The van der Waals surface area contributed by atoms with E-state index in [1.54, 1.807) is 19.1 Å². The Hall–Kier alpha value is -1.34. The van der Waals surface area contributed by atoms with Gasteiger partial charge in [0.05, 0.1) is 13.0 Å². The van der Waals surface area contributed by atoms with Gasteiger partial charge in [-0.2, -0.15) is 0 Å². The molecule has 0 spiro atoms. The van der Waals surface area contributed by atoms with E-state index < -0.39 is 5.97 Å². The van der Waals surface area contributed by atoms with E-state index in [9.17, 15) is 9.59 Å². The number of hydrogen-bond donors (Lipinski definition) is 2. The molecule has 7 heteroatoms. The van der Waals surface area contributed by atoms with Crippen molar-refractivity contribution in [3.63, 3.8) is 0 Å². The minimum absolute atomic E-state index is 0.0212. The van der Waals surface area contributed by atoms with Crippen molar-refractivity contribution in [1.82, 2.24) is 10.2 Å². The maximum absolute atomic E-state index is 12.3. The predicted octanol–water partition coefficient (Wildman–Crippen LogP) is 0.934. The topological polar surface area (TPSA) is 88.1 Å². The van der Waals surface area contributed by atoms with Crippen molar-refractivity contribution >= 4 is 12.0 Å². The number of aliphatic carboxylic acids is 1. The summed E-state index contributed by atoms with van der Waals surface area (Å²) in [6, 6.07) is -0.497. The van der Waals surface area contributed by atoms with Crippen LogP contribution in [0.5, 0.6) is 0 Å². The average molecular weight is 302 g/mol. The maximum atomic E-state index is 12.3. The summed E-state index contributed by atoms with van der Waals surface area (Å²) in [7, 11) is 3.21. The molecule has 1 atom stereocenters. The van der Waals surface area contributed by atoms with Crippen LogP contribution in [0.15, 0.2) is 0 Å². The molecule has 0 aromatic rings. The van der Waals surface area contributed by atoms with Crippen LogP contribution < -0.4 is 5.32 Å². The Bertz CT molecular complexity index is 333. The number of carbonyl (C=O) groups is 2. The summed E-state index contributed by atoms with van der Waals surface area (Å²) in [6.45, 7) is 2.08. The molecular formula is C14H26N2O5. The van der Waals surface area contributed by atoms with E-state index >= 15 is 0 Å². The summed E-state index contributed by atoms with van der Waals surface area (Å²) in [5, 5.41) is 11.8. The van der Waals surface area contributed by atoms with Crippen LogP contribution in [-0.2, 0) is 14.3 Å². The third kappa shape index (κ3) is 7.29. The summed E-state index contributed by atoms with van der Waals surface area (Å²) < 4.78 is 10.0. The van der Waals surface area contributed by atoms with Gasteiger partial charge in [-0.1, -0.05) is 0 Å². The number of hydrogen-bond acceptors (Lipinski definition) is 4. The number of rotatable bonds is 11. The SMILES string of the molecule is COCCCN(CCOC)C(=O)NC(CC(=O)O)C1CC1. The van der Waals surface area contributed by atoms with E-state index in [0.717, 1.165) is 19.3 Å². The van der Waals surface area contributed by atoms with Crippen LogP contribution in [0.25, 0.3) is 0 Å². The zero-order chi connectivity index (χ0) is 15.7. The largest absolute Gasteiger partial charge is 0.481 e. The Labute approximate surface area is 125 Å². The number of urea groups is 1. The highest BCUT2D eigenvalue weighted by molar-refractivity contribution is 5.76. The molecule has 1 fully saturated rings. The summed E-state index contributed by atoms with van der Waals surface area (Å²) in [6.07, 6.45) is 2.69. The van der Waals surface area contributed by atoms with Crippen LogP contribution in [0.4, 0.5) is 4.79 Å². The second-order valence-electron chi connectivity index (χ2n) is 5.32. The van der Waals surface area contributed by atoms with Crippen molar-refractivity contribution < 1.29 is 24.2 Å². The summed E-state index contributed by atoms with van der Waals surface area (Å²) >= 11 is 0. The van der Waals surface area contributed by atoms with Gasteiger partial charge in [0.15, 0.2) is 0 Å². The first-order valence-corrected chi connectivity index (χ1v) is 7.33. The molecule has 0 heterocycles. The minimum atomic E-state index is -0.880. The molecule has 0 radical (unpaired) electrons. The lowest BCUT2D eigenvalue weighted by Gasteiger charge is -2.26. The molecular weight excluding hydrogens is 276 g/mol. The van der Waals surface area contributed by atoms with E-state index in [1.807, 2.05) is 0 Å². The van der Waals surface area contributed by atoms with Crippen molar-refractivity contribution in [2.75, 3.05) is 40.5 Å². The highest BCUT2D eigenvalue weighted by Gasteiger charge is 2.34. The Morgan fingerprint density at radius 2 is 1.90 bits per heavy atom. The van der Waals surface area contributed by atoms with Gasteiger partial charge in [0.1, 0.15) is 0 Å². The van der Waals surface area contributed by atoms with Crippen molar-refractivity contribution in [2.24, 2.45) is 5.92 Å². The zero-order valence-electron chi connectivity index (χ0n) is 12.8. The molecule has 1 aliphatic rings. The van der Waals surface area contributed by atoms with Crippen molar-refractivity contribution in [3.05, 3.63) is 0 Å². The maximum Gasteiger partial charge on any atom is 0.317 e. The van der Waals surface area contributed by atoms with Gasteiger partial charge >= 0.3 is 12.0 Å². The first-order chi connectivity index (χ1) is 10.1. The molecule has 0 aliphatic heterocycles. The van der Waals surface area contributed by atoms with Crippen molar-refractivity contribution in [1.29, 1.82) is 0 Å². The Morgan fingerprint density at radius 1 is 1.24 bits per heavy atom. The van der Waals surface area contributed by atoms with E-state index in [2.05, 4.69) is 5.32 Å². The summed E-state index contributed by atoms with van der Waals surface area (Å²) in [5.74, 6) is -0.580. The highest BCUT2D eigenvalue weighted by Crippen LogP contribution is 2.34.